The third kappa shape index (κ3) is 3.15. The molecule has 2 rings (SSSR count). The highest BCUT2D eigenvalue weighted by atomic mass is 32.1. The maximum atomic E-state index is 4.55. The molecule has 2 nitrogen and oxygen atoms in total. The van der Waals surface area contributed by atoms with E-state index in [0.717, 1.165) is 18.0 Å². The fraction of sp³-hybridized carbons (Fsp3) is 0.462. The lowest BCUT2D eigenvalue weighted by atomic mass is 10.0. The first-order chi connectivity index (χ1) is 8.20. The van der Waals surface area contributed by atoms with Crippen LogP contribution in [-0.4, -0.2) is 11.5 Å². The van der Waals surface area contributed by atoms with Gasteiger partial charge in [-0.1, -0.05) is 6.92 Å². The first-order valence-corrected chi connectivity index (χ1v) is 7.65. The number of thiazole rings is 1. The second-order valence-corrected chi connectivity index (χ2v) is 6.29. The van der Waals surface area contributed by atoms with Crippen molar-refractivity contribution >= 4 is 22.7 Å². The van der Waals surface area contributed by atoms with Gasteiger partial charge in [0, 0.05) is 22.7 Å². The molecule has 4 heteroatoms. The van der Waals surface area contributed by atoms with E-state index in [1.165, 1.54) is 16.1 Å². The number of hydrogen-bond acceptors (Lipinski definition) is 4. The molecule has 17 heavy (non-hydrogen) atoms. The molecular weight excluding hydrogens is 248 g/mol. The highest BCUT2D eigenvalue weighted by Crippen LogP contribution is 2.26. The van der Waals surface area contributed by atoms with E-state index < -0.39 is 0 Å². The summed E-state index contributed by atoms with van der Waals surface area (Å²) in [7, 11) is 0. The summed E-state index contributed by atoms with van der Waals surface area (Å²) in [6.07, 6.45) is 0.982. The number of nitrogens with zero attached hydrogens (tertiary/aromatic N) is 1. The van der Waals surface area contributed by atoms with Crippen LogP contribution in [0, 0.1) is 13.8 Å². The predicted octanol–water partition coefficient (Wildman–Crippen LogP) is 3.71. The second kappa shape index (κ2) is 5.76. The summed E-state index contributed by atoms with van der Waals surface area (Å²) in [6.45, 7) is 7.40. The van der Waals surface area contributed by atoms with Gasteiger partial charge in [-0.2, -0.15) is 0 Å². The number of aryl methyl sites for hydroxylation is 2. The van der Waals surface area contributed by atoms with Crippen molar-refractivity contribution in [2.45, 2.75) is 33.2 Å². The molecule has 0 spiro atoms. The fourth-order valence-electron chi connectivity index (χ4n) is 2.01. The van der Waals surface area contributed by atoms with Crippen molar-refractivity contribution in [3.05, 3.63) is 38.0 Å². The van der Waals surface area contributed by atoms with E-state index in [-0.39, 0.29) is 0 Å². The maximum Gasteiger partial charge on any atom is 0.0897 e. The summed E-state index contributed by atoms with van der Waals surface area (Å²) in [4.78, 5) is 5.96. The van der Waals surface area contributed by atoms with E-state index >= 15 is 0 Å². The topological polar surface area (TPSA) is 24.9 Å². The van der Waals surface area contributed by atoms with Gasteiger partial charge in [0.2, 0.25) is 0 Å². The molecule has 0 aliphatic rings. The number of nitrogens with one attached hydrogen (secondary N) is 1. The van der Waals surface area contributed by atoms with E-state index in [1.807, 2.05) is 11.3 Å². The van der Waals surface area contributed by atoms with Crippen LogP contribution in [0.25, 0.3) is 0 Å². The zero-order valence-corrected chi connectivity index (χ0v) is 12.1. The molecule has 2 aromatic rings. The van der Waals surface area contributed by atoms with Crippen molar-refractivity contribution in [3.63, 3.8) is 0 Å². The Morgan fingerprint density at radius 1 is 1.35 bits per heavy atom. The van der Waals surface area contributed by atoms with Crippen LogP contribution in [-0.2, 0) is 6.42 Å². The Balaban J connectivity index is 2.15. The van der Waals surface area contributed by atoms with Crippen LogP contribution in [0.1, 0.15) is 34.1 Å². The minimum Gasteiger partial charge on any atom is -0.310 e. The van der Waals surface area contributed by atoms with E-state index in [1.54, 1.807) is 11.3 Å². The average Bonchev–Trinajstić information content (AvgIpc) is 2.87. The number of aromatic nitrogens is 1. The lowest BCUT2D eigenvalue weighted by molar-refractivity contribution is 0.544. The molecule has 92 valence electrons. The summed E-state index contributed by atoms with van der Waals surface area (Å²) in [6, 6.07) is 2.62. The third-order valence-electron chi connectivity index (χ3n) is 2.80. The van der Waals surface area contributed by atoms with Crippen LogP contribution in [0.15, 0.2) is 16.8 Å². The van der Waals surface area contributed by atoms with Crippen LogP contribution >= 0.6 is 22.7 Å². The van der Waals surface area contributed by atoms with Crippen LogP contribution in [0.5, 0.6) is 0 Å². The van der Waals surface area contributed by atoms with E-state index in [2.05, 4.69) is 47.9 Å². The van der Waals surface area contributed by atoms with Crippen molar-refractivity contribution in [2.75, 3.05) is 6.54 Å². The SMILES string of the molecule is CCNC(Cc1csc(C)n1)c1ccsc1C. The van der Waals surface area contributed by atoms with Gasteiger partial charge in [0.25, 0.3) is 0 Å². The van der Waals surface area contributed by atoms with Gasteiger partial charge in [0.05, 0.1) is 10.7 Å². The summed E-state index contributed by atoms with van der Waals surface area (Å²) in [5.74, 6) is 0. The van der Waals surface area contributed by atoms with Crippen LogP contribution < -0.4 is 5.32 Å². The molecule has 0 radical (unpaired) electrons. The van der Waals surface area contributed by atoms with Gasteiger partial charge in [0.15, 0.2) is 0 Å². The lowest BCUT2D eigenvalue weighted by Gasteiger charge is -2.17. The Morgan fingerprint density at radius 2 is 2.18 bits per heavy atom. The average molecular weight is 266 g/mol. The van der Waals surface area contributed by atoms with Crippen molar-refractivity contribution in [1.29, 1.82) is 0 Å². The number of hydrogen-bond donors (Lipinski definition) is 1. The van der Waals surface area contributed by atoms with Crippen LogP contribution in [0.2, 0.25) is 0 Å². The molecule has 0 fully saturated rings. The Morgan fingerprint density at radius 3 is 2.71 bits per heavy atom. The quantitative estimate of drug-likeness (QED) is 0.892. The first-order valence-electron chi connectivity index (χ1n) is 5.89. The molecule has 0 saturated heterocycles. The van der Waals surface area contributed by atoms with E-state index in [9.17, 15) is 0 Å². The van der Waals surface area contributed by atoms with Gasteiger partial charge in [-0.3, -0.25) is 0 Å². The van der Waals surface area contributed by atoms with Crippen molar-refractivity contribution in [1.82, 2.24) is 10.3 Å². The Hall–Kier alpha value is -0.710. The van der Waals surface area contributed by atoms with Gasteiger partial charge in [0.1, 0.15) is 0 Å². The smallest absolute Gasteiger partial charge is 0.0897 e. The Kier molecular flexibility index (Phi) is 4.31. The van der Waals surface area contributed by atoms with Crippen molar-refractivity contribution in [3.8, 4) is 0 Å². The lowest BCUT2D eigenvalue weighted by Crippen LogP contribution is -2.23. The standard InChI is InChI=1S/C13H18N2S2/c1-4-14-13(12-5-6-16-9(12)2)7-11-8-17-10(3)15-11/h5-6,8,13-14H,4,7H2,1-3H3. The van der Waals surface area contributed by atoms with Crippen LogP contribution in [0.3, 0.4) is 0 Å². The Labute approximate surface area is 111 Å². The van der Waals surface area contributed by atoms with Gasteiger partial charge < -0.3 is 5.32 Å². The monoisotopic (exact) mass is 266 g/mol. The summed E-state index contributed by atoms with van der Waals surface area (Å²) < 4.78 is 0. The largest absolute Gasteiger partial charge is 0.310 e. The van der Waals surface area contributed by atoms with Gasteiger partial charge >= 0.3 is 0 Å². The van der Waals surface area contributed by atoms with Gasteiger partial charge in [-0.25, -0.2) is 4.98 Å². The summed E-state index contributed by atoms with van der Waals surface area (Å²) >= 11 is 3.55. The molecule has 0 bridgehead atoms. The molecule has 1 N–H and O–H groups in total. The maximum absolute atomic E-state index is 4.55. The minimum absolute atomic E-state index is 0.396. The second-order valence-electron chi connectivity index (χ2n) is 4.10. The molecule has 2 heterocycles. The van der Waals surface area contributed by atoms with E-state index in [4.69, 9.17) is 0 Å². The third-order valence-corrected chi connectivity index (χ3v) is 4.49. The summed E-state index contributed by atoms with van der Waals surface area (Å²) in [5.41, 5.74) is 2.62. The molecule has 0 amide bonds. The normalized spacial score (nSPS) is 12.9. The molecule has 0 saturated carbocycles. The molecule has 0 aromatic carbocycles. The zero-order valence-electron chi connectivity index (χ0n) is 10.5. The summed E-state index contributed by atoms with van der Waals surface area (Å²) in [5, 5.41) is 9.04. The molecule has 0 aliphatic carbocycles. The van der Waals surface area contributed by atoms with Crippen molar-refractivity contribution < 1.29 is 0 Å². The Bertz CT molecular complexity index is 473. The molecular formula is C13H18N2S2. The zero-order chi connectivity index (χ0) is 12.3. The minimum atomic E-state index is 0.396. The predicted molar refractivity (Wildman–Crippen MR) is 76.0 cm³/mol. The molecule has 1 unspecified atom stereocenters. The molecule has 0 aliphatic heterocycles. The molecule has 1 atom stereocenters. The van der Waals surface area contributed by atoms with Gasteiger partial charge in [-0.05, 0) is 37.4 Å². The van der Waals surface area contributed by atoms with Gasteiger partial charge in [-0.15, -0.1) is 22.7 Å². The number of rotatable bonds is 5. The van der Waals surface area contributed by atoms with Crippen LogP contribution in [0.4, 0.5) is 0 Å². The highest BCUT2D eigenvalue weighted by Gasteiger charge is 2.15. The fourth-order valence-corrected chi connectivity index (χ4v) is 3.40. The highest BCUT2D eigenvalue weighted by molar-refractivity contribution is 7.10. The van der Waals surface area contributed by atoms with E-state index in [0.29, 0.717) is 6.04 Å². The molecule has 2 aromatic heterocycles. The first kappa shape index (κ1) is 12.7. The number of likely N-dealkylation sites (N-methyl/N-ethyl adjacent to an activating group) is 1. The van der Waals surface area contributed by atoms with Crippen molar-refractivity contribution in [2.24, 2.45) is 0 Å². The number of thiophene rings is 1.